The van der Waals surface area contributed by atoms with E-state index in [0.717, 1.165) is 25.3 Å². The molecule has 0 radical (unpaired) electrons. The lowest BCUT2D eigenvalue weighted by molar-refractivity contribution is 0.207. The normalized spacial score (nSPS) is 12.2. The highest BCUT2D eigenvalue weighted by Gasteiger charge is 2.05. The van der Waals surface area contributed by atoms with Crippen LogP contribution in [0.15, 0.2) is 12.2 Å². The fourth-order valence-corrected chi connectivity index (χ4v) is 1.27. The molecule has 0 aliphatic rings. The molecule has 0 amide bonds. The van der Waals surface area contributed by atoms with Gasteiger partial charge in [0.1, 0.15) is 0 Å². The Labute approximate surface area is 87.0 Å². The van der Waals surface area contributed by atoms with Gasteiger partial charge in [-0.1, -0.05) is 12.2 Å². The van der Waals surface area contributed by atoms with Gasteiger partial charge in [0.05, 0.1) is 0 Å². The van der Waals surface area contributed by atoms with Crippen LogP contribution in [0.5, 0.6) is 0 Å². The van der Waals surface area contributed by atoms with Crippen molar-refractivity contribution in [1.29, 1.82) is 0 Å². The molecule has 0 rings (SSSR count). The Bertz CT molecular complexity index is 137. The van der Waals surface area contributed by atoms with Gasteiger partial charge in [0.15, 0.2) is 0 Å². The number of aliphatic hydroxyl groups excluding tert-OH is 1. The third kappa shape index (κ3) is 7.11. The number of hydrogen-bond acceptors (Lipinski definition) is 3. The van der Waals surface area contributed by atoms with Gasteiger partial charge >= 0.3 is 0 Å². The molecule has 0 bridgehead atoms. The molecule has 0 heterocycles. The monoisotopic (exact) mass is 203 g/mol. The van der Waals surface area contributed by atoms with Crippen molar-refractivity contribution in [1.82, 2.24) is 4.90 Å². The zero-order valence-corrected chi connectivity index (χ0v) is 9.50. The molecular formula is C10H21NOS. The van der Waals surface area contributed by atoms with E-state index < -0.39 is 0 Å². The van der Waals surface area contributed by atoms with Gasteiger partial charge < -0.3 is 5.11 Å². The third-order valence-electron chi connectivity index (χ3n) is 1.95. The summed E-state index contributed by atoms with van der Waals surface area (Å²) in [5, 5.41) is 8.71. The summed E-state index contributed by atoms with van der Waals surface area (Å²) in [7, 11) is 0. The Kier molecular flexibility index (Phi) is 8.61. The molecule has 0 aromatic carbocycles. The highest BCUT2D eigenvalue weighted by atomic mass is 32.1. The lowest BCUT2D eigenvalue weighted by atomic mass is 10.3. The molecule has 0 fully saturated rings. The molecule has 2 nitrogen and oxygen atoms in total. The molecule has 0 unspecified atom stereocenters. The quantitative estimate of drug-likeness (QED) is 0.484. The van der Waals surface area contributed by atoms with Crippen molar-refractivity contribution < 1.29 is 5.11 Å². The molecule has 1 N–H and O–H groups in total. The van der Waals surface area contributed by atoms with Crippen LogP contribution in [-0.2, 0) is 0 Å². The minimum absolute atomic E-state index is 0.277. The average Bonchev–Trinajstić information content (AvgIpc) is 2.10. The van der Waals surface area contributed by atoms with Crippen molar-refractivity contribution in [3.05, 3.63) is 12.2 Å². The van der Waals surface area contributed by atoms with Crippen molar-refractivity contribution in [2.24, 2.45) is 0 Å². The lowest BCUT2D eigenvalue weighted by Crippen LogP contribution is -2.32. The first-order chi connectivity index (χ1) is 6.22. The van der Waals surface area contributed by atoms with Crippen molar-refractivity contribution in [2.75, 3.05) is 25.4 Å². The van der Waals surface area contributed by atoms with Crippen LogP contribution >= 0.6 is 12.6 Å². The van der Waals surface area contributed by atoms with Crippen LogP contribution in [0, 0.1) is 0 Å². The van der Waals surface area contributed by atoms with Crippen molar-refractivity contribution >= 4 is 12.6 Å². The van der Waals surface area contributed by atoms with E-state index in [9.17, 15) is 0 Å². The fraction of sp³-hybridized carbons (Fsp3) is 0.800. The summed E-state index contributed by atoms with van der Waals surface area (Å²) in [5.41, 5.74) is 0. The second kappa shape index (κ2) is 8.60. The second-order valence-corrected chi connectivity index (χ2v) is 3.68. The molecule has 0 saturated heterocycles. The Morgan fingerprint density at radius 1 is 1.38 bits per heavy atom. The van der Waals surface area contributed by atoms with E-state index in [-0.39, 0.29) is 6.61 Å². The van der Waals surface area contributed by atoms with E-state index in [0.29, 0.717) is 6.04 Å². The largest absolute Gasteiger partial charge is 0.396 e. The fourth-order valence-electron chi connectivity index (χ4n) is 1.12. The highest BCUT2D eigenvalue weighted by Crippen LogP contribution is 1.99. The van der Waals surface area contributed by atoms with Crippen LogP contribution in [0.2, 0.25) is 0 Å². The van der Waals surface area contributed by atoms with Crippen LogP contribution < -0.4 is 0 Å². The standard InChI is InChI=1S/C10H21NOS/c1-10(2)11(7-5-8-12)6-3-4-9-13/h3-4,10,12-13H,5-9H2,1-2H3. The minimum atomic E-state index is 0.277. The molecule has 13 heavy (non-hydrogen) atoms. The van der Waals surface area contributed by atoms with E-state index >= 15 is 0 Å². The predicted molar refractivity (Wildman–Crippen MR) is 61.4 cm³/mol. The Morgan fingerprint density at radius 2 is 2.08 bits per heavy atom. The second-order valence-electron chi connectivity index (χ2n) is 3.32. The summed E-state index contributed by atoms with van der Waals surface area (Å²) in [6.45, 7) is 6.54. The minimum Gasteiger partial charge on any atom is -0.396 e. The molecule has 0 aliphatic heterocycles. The molecule has 0 aromatic heterocycles. The topological polar surface area (TPSA) is 23.5 Å². The van der Waals surface area contributed by atoms with Gasteiger partial charge in [0.2, 0.25) is 0 Å². The molecule has 78 valence electrons. The number of nitrogens with zero attached hydrogens (tertiary/aromatic N) is 1. The first-order valence-electron chi connectivity index (χ1n) is 4.83. The lowest BCUT2D eigenvalue weighted by Gasteiger charge is -2.24. The van der Waals surface area contributed by atoms with Gasteiger partial charge in [-0.3, -0.25) is 4.90 Å². The Balaban J connectivity index is 3.73. The smallest absolute Gasteiger partial charge is 0.0443 e. The molecule has 0 atom stereocenters. The maximum absolute atomic E-state index is 8.71. The van der Waals surface area contributed by atoms with E-state index in [1.54, 1.807) is 0 Å². The molecule has 0 aromatic rings. The van der Waals surface area contributed by atoms with E-state index in [2.05, 4.69) is 43.5 Å². The molecular weight excluding hydrogens is 182 g/mol. The summed E-state index contributed by atoms with van der Waals surface area (Å²) in [5.74, 6) is 0.798. The zero-order chi connectivity index (χ0) is 10.1. The third-order valence-corrected chi connectivity index (χ3v) is 2.16. The SMILES string of the molecule is CC(C)N(CC=CCS)CCCO. The first kappa shape index (κ1) is 13.0. The molecule has 0 spiro atoms. The number of aliphatic hydroxyl groups is 1. The summed E-state index contributed by atoms with van der Waals surface area (Å²) < 4.78 is 0. The van der Waals surface area contributed by atoms with Gasteiger partial charge in [0.25, 0.3) is 0 Å². The highest BCUT2D eigenvalue weighted by molar-refractivity contribution is 7.80. The molecule has 0 saturated carbocycles. The van der Waals surface area contributed by atoms with E-state index in [4.69, 9.17) is 5.11 Å². The average molecular weight is 203 g/mol. The number of hydrogen-bond donors (Lipinski definition) is 2. The van der Waals surface area contributed by atoms with Crippen LogP contribution in [-0.4, -0.2) is 41.5 Å². The van der Waals surface area contributed by atoms with E-state index in [1.165, 1.54) is 0 Å². The van der Waals surface area contributed by atoms with Gasteiger partial charge in [-0.2, -0.15) is 12.6 Å². The van der Waals surface area contributed by atoms with E-state index in [1.807, 2.05) is 0 Å². The number of rotatable bonds is 7. The van der Waals surface area contributed by atoms with Gasteiger partial charge in [0, 0.05) is 31.5 Å². The molecule has 3 heteroatoms. The maximum atomic E-state index is 8.71. The summed E-state index contributed by atoms with van der Waals surface area (Å²) in [4.78, 5) is 2.33. The maximum Gasteiger partial charge on any atom is 0.0443 e. The van der Waals surface area contributed by atoms with Crippen LogP contribution in [0.3, 0.4) is 0 Å². The number of thiol groups is 1. The van der Waals surface area contributed by atoms with Gasteiger partial charge in [-0.25, -0.2) is 0 Å². The predicted octanol–water partition coefficient (Wildman–Crippen LogP) is 1.57. The van der Waals surface area contributed by atoms with Crippen molar-refractivity contribution in [3.63, 3.8) is 0 Å². The summed E-state index contributed by atoms with van der Waals surface area (Å²) in [6.07, 6.45) is 5.04. The molecule has 0 aliphatic carbocycles. The van der Waals surface area contributed by atoms with Gasteiger partial charge in [-0.05, 0) is 20.3 Å². The first-order valence-corrected chi connectivity index (χ1v) is 5.46. The van der Waals surface area contributed by atoms with Crippen LogP contribution in [0.4, 0.5) is 0 Å². The van der Waals surface area contributed by atoms with Crippen LogP contribution in [0.1, 0.15) is 20.3 Å². The zero-order valence-electron chi connectivity index (χ0n) is 8.61. The van der Waals surface area contributed by atoms with Crippen LogP contribution in [0.25, 0.3) is 0 Å². The summed E-state index contributed by atoms with van der Waals surface area (Å²) >= 11 is 4.10. The van der Waals surface area contributed by atoms with Crippen molar-refractivity contribution in [3.8, 4) is 0 Å². The Morgan fingerprint density at radius 3 is 2.54 bits per heavy atom. The van der Waals surface area contributed by atoms with Gasteiger partial charge in [-0.15, -0.1) is 0 Å². The summed E-state index contributed by atoms with van der Waals surface area (Å²) in [6, 6.07) is 0.538. The van der Waals surface area contributed by atoms with Crippen molar-refractivity contribution in [2.45, 2.75) is 26.3 Å². The Hall–Kier alpha value is 0.01000.